The Balaban J connectivity index is 1.41. The molecule has 4 rings (SSSR count). The molecular formula is C25H32N6O2. The first-order valence-electron chi connectivity index (χ1n) is 11.6. The van der Waals surface area contributed by atoms with Gasteiger partial charge < -0.3 is 14.7 Å². The van der Waals surface area contributed by atoms with Crippen molar-refractivity contribution in [3.05, 3.63) is 60.2 Å². The van der Waals surface area contributed by atoms with E-state index in [0.29, 0.717) is 23.3 Å². The molecule has 1 aliphatic rings. The van der Waals surface area contributed by atoms with Gasteiger partial charge in [0.1, 0.15) is 6.04 Å². The summed E-state index contributed by atoms with van der Waals surface area (Å²) in [5.74, 6) is 0.795. The van der Waals surface area contributed by atoms with Crippen LogP contribution in [0.1, 0.15) is 50.0 Å². The van der Waals surface area contributed by atoms with Crippen LogP contribution >= 0.6 is 0 Å². The van der Waals surface area contributed by atoms with E-state index in [2.05, 4.69) is 44.1 Å². The third-order valence-electron chi connectivity index (χ3n) is 6.14. The first-order chi connectivity index (χ1) is 15.9. The number of rotatable bonds is 7. The Labute approximate surface area is 195 Å². The number of aromatic nitrogens is 3. The fourth-order valence-electron chi connectivity index (χ4n) is 4.04. The number of anilines is 1. The van der Waals surface area contributed by atoms with Crippen molar-refractivity contribution in [2.24, 2.45) is 5.92 Å². The summed E-state index contributed by atoms with van der Waals surface area (Å²) in [5, 5.41) is 7.14. The summed E-state index contributed by atoms with van der Waals surface area (Å²) in [4.78, 5) is 26.4. The highest BCUT2D eigenvalue weighted by Crippen LogP contribution is 2.24. The van der Waals surface area contributed by atoms with Crippen LogP contribution in [0.15, 0.2) is 53.3 Å². The average Bonchev–Trinajstić information content (AvgIpc) is 3.33. The van der Waals surface area contributed by atoms with E-state index in [0.717, 1.165) is 37.4 Å². The summed E-state index contributed by atoms with van der Waals surface area (Å²) >= 11 is 0. The Morgan fingerprint density at radius 3 is 2.24 bits per heavy atom. The van der Waals surface area contributed by atoms with Gasteiger partial charge in [-0.1, -0.05) is 19.0 Å². The summed E-state index contributed by atoms with van der Waals surface area (Å²) in [6.07, 6.45) is 3.36. The molecule has 0 bridgehead atoms. The zero-order valence-electron chi connectivity index (χ0n) is 19.7. The van der Waals surface area contributed by atoms with Crippen LogP contribution < -0.4 is 10.2 Å². The van der Waals surface area contributed by atoms with Crippen LogP contribution in [0.4, 0.5) is 5.69 Å². The number of benzene rings is 1. The van der Waals surface area contributed by atoms with Crippen LogP contribution in [0.5, 0.6) is 0 Å². The van der Waals surface area contributed by atoms with E-state index in [9.17, 15) is 4.79 Å². The molecule has 1 N–H and O–H groups in total. The summed E-state index contributed by atoms with van der Waals surface area (Å²) < 4.78 is 5.50. The van der Waals surface area contributed by atoms with E-state index in [1.54, 1.807) is 12.4 Å². The third-order valence-corrected chi connectivity index (χ3v) is 6.14. The summed E-state index contributed by atoms with van der Waals surface area (Å²) in [6.45, 7) is 12.6. The Hall–Kier alpha value is -3.26. The molecule has 1 saturated heterocycles. The SMILES string of the molecule is CC(C)C(NC(=O)c1ccc(N2CCN(C(C)C)CC2)cc1)c1nc(-c2ccncc2)no1. The largest absolute Gasteiger partial charge is 0.369 e. The van der Waals surface area contributed by atoms with Gasteiger partial charge in [-0.3, -0.25) is 14.7 Å². The van der Waals surface area contributed by atoms with Crippen molar-refractivity contribution < 1.29 is 9.32 Å². The molecule has 0 radical (unpaired) electrons. The van der Waals surface area contributed by atoms with E-state index in [-0.39, 0.29) is 17.9 Å². The molecule has 8 nitrogen and oxygen atoms in total. The van der Waals surface area contributed by atoms with E-state index in [1.165, 1.54) is 0 Å². The molecule has 3 aromatic rings. The molecular weight excluding hydrogens is 416 g/mol. The van der Waals surface area contributed by atoms with Crippen molar-refractivity contribution in [3.63, 3.8) is 0 Å². The second-order valence-electron chi connectivity index (χ2n) is 9.05. The number of hydrogen-bond acceptors (Lipinski definition) is 7. The van der Waals surface area contributed by atoms with E-state index in [1.807, 2.05) is 50.2 Å². The molecule has 1 fully saturated rings. The van der Waals surface area contributed by atoms with E-state index >= 15 is 0 Å². The highest BCUT2D eigenvalue weighted by Gasteiger charge is 2.26. The lowest BCUT2D eigenvalue weighted by Gasteiger charge is -2.38. The summed E-state index contributed by atoms with van der Waals surface area (Å²) in [7, 11) is 0. The number of carbonyl (C=O) groups is 1. The predicted octanol–water partition coefficient (Wildman–Crippen LogP) is 3.79. The Morgan fingerprint density at radius 2 is 1.64 bits per heavy atom. The molecule has 1 amide bonds. The zero-order chi connectivity index (χ0) is 23.4. The lowest BCUT2D eigenvalue weighted by molar-refractivity contribution is 0.0914. The molecule has 8 heteroatoms. The molecule has 0 saturated carbocycles. The molecule has 33 heavy (non-hydrogen) atoms. The standard InChI is InChI=1S/C25H32N6O2/c1-17(2)22(25-28-23(29-33-25)19-9-11-26-12-10-19)27-24(32)20-5-7-21(8-6-20)31-15-13-30(14-16-31)18(3)4/h5-12,17-18,22H,13-16H2,1-4H3,(H,27,32). The van der Waals surface area contributed by atoms with Gasteiger partial charge in [0.05, 0.1) is 0 Å². The minimum atomic E-state index is -0.385. The van der Waals surface area contributed by atoms with Crippen molar-refractivity contribution in [1.29, 1.82) is 0 Å². The molecule has 1 aromatic carbocycles. The molecule has 3 heterocycles. The van der Waals surface area contributed by atoms with Crippen LogP contribution in [-0.2, 0) is 0 Å². The second-order valence-corrected chi connectivity index (χ2v) is 9.05. The minimum absolute atomic E-state index is 0.0798. The van der Waals surface area contributed by atoms with Gasteiger partial charge >= 0.3 is 0 Å². The smallest absolute Gasteiger partial charge is 0.251 e. The molecule has 1 unspecified atom stereocenters. The van der Waals surface area contributed by atoms with Crippen molar-refractivity contribution in [2.75, 3.05) is 31.1 Å². The molecule has 0 aliphatic carbocycles. The first kappa shape index (κ1) is 22.9. The number of pyridine rings is 1. The lowest BCUT2D eigenvalue weighted by atomic mass is 10.0. The van der Waals surface area contributed by atoms with Gasteiger partial charge in [-0.05, 0) is 56.2 Å². The Bertz CT molecular complexity index is 1040. The number of carbonyl (C=O) groups excluding carboxylic acids is 1. The summed E-state index contributed by atoms with van der Waals surface area (Å²) in [5.41, 5.74) is 2.58. The Morgan fingerprint density at radius 1 is 0.970 bits per heavy atom. The fourth-order valence-corrected chi connectivity index (χ4v) is 4.04. The molecule has 1 aliphatic heterocycles. The summed E-state index contributed by atoms with van der Waals surface area (Å²) in [6, 6.07) is 11.7. The quantitative estimate of drug-likeness (QED) is 0.588. The molecule has 174 valence electrons. The van der Waals surface area contributed by atoms with Crippen molar-refractivity contribution in [2.45, 2.75) is 39.8 Å². The maximum Gasteiger partial charge on any atom is 0.251 e. The third kappa shape index (κ3) is 5.39. The Kier molecular flexibility index (Phi) is 7.03. The number of amides is 1. The monoisotopic (exact) mass is 448 g/mol. The van der Waals surface area contributed by atoms with Crippen molar-refractivity contribution in [1.82, 2.24) is 25.3 Å². The van der Waals surface area contributed by atoms with Gasteiger partial charge in [0.15, 0.2) is 0 Å². The normalized spacial score (nSPS) is 15.8. The molecule has 1 atom stereocenters. The fraction of sp³-hybridized carbons (Fsp3) is 0.440. The minimum Gasteiger partial charge on any atom is -0.369 e. The molecule has 2 aromatic heterocycles. The van der Waals surface area contributed by atoms with Gasteiger partial charge in [-0.15, -0.1) is 0 Å². The van der Waals surface area contributed by atoms with E-state index < -0.39 is 0 Å². The van der Waals surface area contributed by atoms with Crippen LogP contribution in [0, 0.1) is 5.92 Å². The van der Waals surface area contributed by atoms with Crippen LogP contribution in [0.25, 0.3) is 11.4 Å². The van der Waals surface area contributed by atoms with Gasteiger partial charge in [0.25, 0.3) is 5.91 Å². The van der Waals surface area contributed by atoms with E-state index in [4.69, 9.17) is 4.52 Å². The zero-order valence-corrected chi connectivity index (χ0v) is 19.7. The molecule has 0 spiro atoms. The van der Waals surface area contributed by atoms with Crippen LogP contribution in [0.3, 0.4) is 0 Å². The first-order valence-corrected chi connectivity index (χ1v) is 11.6. The van der Waals surface area contributed by atoms with Gasteiger partial charge in [-0.2, -0.15) is 4.98 Å². The number of piperazine rings is 1. The topological polar surface area (TPSA) is 87.4 Å². The highest BCUT2D eigenvalue weighted by atomic mass is 16.5. The number of nitrogens with one attached hydrogen (secondary N) is 1. The van der Waals surface area contributed by atoms with Gasteiger partial charge in [-0.25, -0.2) is 0 Å². The van der Waals surface area contributed by atoms with Crippen LogP contribution in [0.2, 0.25) is 0 Å². The van der Waals surface area contributed by atoms with Crippen LogP contribution in [-0.4, -0.2) is 58.2 Å². The maximum absolute atomic E-state index is 13.0. The lowest BCUT2D eigenvalue weighted by Crippen LogP contribution is -2.48. The maximum atomic E-state index is 13.0. The van der Waals surface area contributed by atoms with Crippen molar-refractivity contribution >= 4 is 11.6 Å². The second kappa shape index (κ2) is 10.1. The number of nitrogens with zero attached hydrogens (tertiary/aromatic N) is 5. The van der Waals surface area contributed by atoms with Gasteiger partial charge in [0.2, 0.25) is 11.7 Å². The number of hydrogen-bond donors (Lipinski definition) is 1. The highest BCUT2D eigenvalue weighted by molar-refractivity contribution is 5.94. The predicted molar refractivity (Wildman–Crippen MR) is 128 cm³/mol. The van der Waals surface area contributed by atoms with Crippen molar-refractivity contribution in [3.8, 4) is 11.4 Å². The van der Waals surface area contributed by atoms with Gasteiger partial charge in [0, 0.05) is 61.4 Å². The average molecular weight is 449 g/mol.